The molecule has 0 radical (unpaired) electrons. The number of ketones is 1. The number of hydrogen-bond donors (Lipinski definition) is 0. The molecule has 0 N–H and O–H groups in total. The summed E-state index contributed by atoms with van der Waals surface area (Å²) in [6.45, 7) is 7.07. The van der Waals surface area contributed by atoms with Gasteiger partial charge in [-0.1, -0.05) is 0 Å². The summed E-state index contributed by atoms with van der Waals surface area (Å²) in [6, 6.07) is 3.79. The van der Waals surface area contributed by atoms with E-state index in [0.29, 0.717) is 43.9 Å². The third kappa shape index (κ3) is 2.86. The van der Waals surface area contributed by atoms with Crippen molar-refractivity contribution in [3.05, 3.63) is 28.8 Å². The molecular weight excluding hydrogens is 282 g/mol. The average Bonchev–Trinajstić information content (AvgIpc) is 2.80. The number of anilines is 1. The second kappa shape index (κ2) is 5.39. The largest absolute Gasteiger partial charge is 0.443 e. The van der Waals surface area contributed by atoms with Crippen LogP contribution in [-0.4, -0.2) is 24.0 Å². The first-order valence-electron chi connectivity index (χ1n) is 7.62. The van der Waals surface area contributed by atoms with Crippen LogP contribution in [0, 0.1) is 0 Å². The lowest BCUT2D eigenvalue weighted by molar-refractivity contribution is 0.0580. The zero-order valence-corrected chi connectivity index (χ0v) is 13.3. The number of rotatable bonds is 0. The summed E-state index contributed by atoms with van der Waals surface area (Å²) in [7, 11) is 0. The van der Waals surface area contributed by atoms with E-state index in [1.807, 2.05) is 32.9 Å². The van der Waals surface area contributed by atoms with Gasteiger partial charge in [-0.25, -0.2) is 4.79 Å². The van der Waals surface area contributed by atoms with Crippen molar-refractivity contribution < 1.29 is 19.1 Å². The van der Waals surface area contributed by atoms with E-state index in [0.717, 1.165) is 11.1 Å². The molecule has 2 aliphatic rings. The quantitative estimate of drug-likeness (QED) is 0.737. The Morgan fingerprint density at radius 3 is 2.59 bits per heavy atom. The Morgan fingerprint density at radius 1 is 1.23 bits per heavy atom. The monoisotopic (exact) mass is 303 g/mol. The molecule has 0 saturated heterocycles. The number of benzene rings is 1. The molecule has 0 aliphatic carbocycles. The van der Waals surface area contributed by atoms with Crippen LogP contribution in [0.2, 0.25) is 0 Å². The van der Waals surface area contributed by atoms with E-state index in [9.17, 15) is 9.59 Å². The molecular formula is C17H21NO4. The fourth-order valence-corrected chi connectivity index (χ4v) is 2.82. The smallest absolute Gasteiger partial charge is 0.414 e. The van der Waals surface area contributed by atoms with Crippen LogP contribution in [0.4, 0.5) is 10.5 Å². The fraction of sp³-hybridized carbons (Fsp3) is 0.529. The highest BCUT2D eigenvalue weighted by Crippen LogP contribution is 2.33. The van der Waals surface area contributed by atoms with Gasteiger partial charge in [0.05, 0.1) is 18.9 Å². The molecule has 118 valence electrons. The second-order valence-corrected chi connectivity index (χ2v) is 6.79. The van der Waals surface area contributed by atoms with Crippen LogP contribution >= 0.6 is 0 Å². The molecule has 1 amide bonds. The minimum atomic E-state index is -0.562. The zero-order valence-electron chi connectivity index (χ0n) is 13.3. The molecule has 5 nitrogen and oxygen atoms in total. The number of carbonyl (C=O) groups is 2. The Kier molecular flexibility index (Phi) is 3.68. The van der Waals surface area contributed by atoms with Crippen LogP contribution in [0.5, 0.6) is 0 Å². The minimum Gasteiger partial charge on any atom is -0.443 e. The first kappa shape index (κ1) is 15.0. The standard InChI is InChI=1S/C17H21NO4/c1-17(2,3)22-16(20)18-6-4-5-15(19)13-7-11-9-21-10-12(11)8-14(13)18/h7-8H,4-6,9-10H2,1-3H3. The number of nitrogens with zero attached hydrogens (tertiary/aromatic N) is 1. The molecule has 0 bridgehead atoms. The van der Waals surface area contributed by atoms with Crippen LogP contribution in [-0.2, 0) is 22.7 Å². The van der Waals surface area contributed by atoms with Crippen molar-refractivity contribution in [2.24, 2.45) is 0 Å². The predicted octanol–water partition coefficient (Wildman–Crippen LogP) is 3.43. The Bertz CT molecular complexity index is 630. The van der Waals surface area contributed by atoms with Crippen LogP contribution < -0.4 is 4.90 Å². The van der Waals surface area contributed by atoms with Gasteiger partial charge in [0, 0.05) is 18.5 Å². The highest BCUT2D eigenvalue weighted by atomic mass is 16.6. The van der Waals surface area contributed by atoms with Crippen molar-refractivity contribution in [2.75, 3.05) is 11.4 Å². The van der Waals surface area contributed by atoms with Gasteiger partial charge in [0.1, 0.15) is 5.60 Å². The van der Waals surface area contributed by atoms with Crippen molar-refractivity contribution in [1.82, 2.24) is 0 Å². The van der Waals surface area contributed by atoms with E-state index in [-0.39, 0.29) is 5.78 Å². The molecule has 3 rings (SSSR count). The molecule has 22 heavy (non-hydrogen) atoms. The van der Waals surface area contributed by atoms with Crippen molar-refractivity contribution in [2.45, 2.75) is 52.4 Å². The second-order valence-electron chi connectivity index (χ2n) is 6.79. The molecule has 1 aromatic rings. The summed E-state index contributed by atoms with van der Waals surface area (Å²) in [6.07, 6.45) is 0.696. The highest BCUT2D eigenvalue weighted by molar-refractivity contribution is 6.06. The van der Waals surface area contributed by atoms with Gasteiger partial charge in [0.25, 0.3) is 0 Å². The van der Waals surface area contributed by atoms with Crippen molar-refractivity contribution in [1.29, 1.82) is 0 Å². The van der Waals surface area contributed by atoms with Gasteiger partial charge in [0.15, 0.2) is 5.78 Å². The lowest BCUT2D eigenvalue weighted by atomic mass is 10.00. The molecule has 1 aromatic carbocycles. The maximum absolute atomic E-state index is 12.5. The zero-order chi connectivity index (χ0) is 15.9. The van der Waals surface area contributed by atoms with Crippen LogP contribution in [0.25, 0.3) is 0 Å². The third-order valence-corrected chi connectivity index (χ3v) is 3.82. The van der Waals surface area contributed by atoms with Gasteiger partial charge in [-0.15, -0.1) is 0 Å². The van der Waals surface area contributed by atoms with Crippen LogP contribution in [0.3, 0.4) is 0 Å². The Hall–Kier alpha value is -1.88. The normalized spacial score (nSPS) is 17.8. The van der Waals surface area contributed by atoms with Crippen molar-refractivity contribution in [3.63, 3.8) is 0 Å². The maximum atomic E-state index is 12.5. The van der Waals surface area contributed by atoms with Gasteiger partial charge in [-0.3, -0.25) is 9.69 Å². The minimum absolute atomic E-state index is 0.0794. The van der Waals surface area contributed by atoms with E-state index in [1.165, 1.54) is 0 Å². The molecule has 0 aromatic heterocycles. The van der Waals surface area contributed by atoms with E-state index < -0.39 is 11.7 Å². The first-order valence-corrected chi connectivity index (χ1v) is 7.62. The average molecular weight is 303 g/mol. The first-order chi connectivity index (χ1) is 10.3. The Morgan fingerprint density at radius 2 is 1.91 bits per heavy atom. The summed E-state index contributed by atoms with van der Waals surface area (Å²) in [5, 5.41) is 0. The number of hydrogen-bond acceptors (Lipinski definition) is 4. The Labute approximate surface area is 130 Å². The predicted molar refractivity (Wildman–Crippen MR) is 82.1 cm³/mol. The van der Waals surface area contributed by atoms with Gasteiger partial charge >= 0.3 is 6.09 Å². The van der Waals surface area contributed by atoms with Gasteiger partial charge in [-0.05, 0) is 50.5 Å². The summed E-state index contributed by atoms with van der Waals surface area (Å²) < 4.78 is 10.9. The number of ether oxygens (including phenoxy) is 2. The van der Waals surface area contributed by atoms with E-state index in [4.69, 9.17) is 9.47 Å². The lowest BCUT2D eigenvalue weighted by Gasteiger charge is -2.27. The number of fused-ring (bicyclic) bond motifs is 2. The number of carbonyl (C=O) groups excluding carboxylic acids is 2. The van der Waals surface area contributed by atoms with Gasteiger partial charge in [0.2, 0.25) is 0 Å². The molecule has 0 fully saturated rings. The molecule has 0 atom stereocenters. The SMILES string of the molecule is CC(C)(C)OC(=O)N1CCCC(=O)c2cc3c(cc21)COC3. The molecule has 2 aliphatic heterocycles. The highest BCUT2D eigenvalue weighted by Gasteiger charge is 2.30. The Balaban J connectivity index is 2.01. The summed E-state index contributed by atoms with van der Waals surface area (Å²) in [5.74, 6) is 0.0794. The van der Waals surface area contributed by atoms with E-state index >= 15 is 0 Å². The maximum Gasteiger partial charge on any atom is 0.414 e. The molecule has 5 heteroatoms. The third-order valence-electron chi connectivity index (χ3n) is 3.82. The topological polar surface area (TPSA) is 55.8 Å². The number of amides is 1. The molecule has 0 unspecified atom stereocenters. The summed E-state index contributed by atoms with van der Waals surface area (Å²) >= 11 is 0. The molecule has 0 spiro atoms. The lowest BCUT2D eigenvalue weighted by Crippen LogP contribution is -2.37. The summed E-state index contributed by atoms with van der Waals surface area (Å²) in [5.41, 5.74) is 2.78. The fourth-order valence-electron chi connectivity index (χ4n) is 2.82. The molecule has 0 saturated carbocycles. The van der Waals surface area contributed by atoms with Crippen molar-refractivity contribution >= 4 is 17.6 Å². The van der Waals surface area contributed by atoms with Crippen LogP contribution in [0.1, 0.15) is 55.1 Å². The van der Waals surface area contributed by atoms with Crippen LogP contribution in [0.15, 0.2) is 12.1 Å². The number of Topliss-reactive ketones (excluding diaryl/α,β-unsaturated/α-hetero) is 1. The molecule has 2 heterocycles. The van der Waals surface area contributed by atoms with E-state index in [1.54, 1.807) is 4.90 Å². The van der Waals surface area contributed by atoms with Gasteiger partial charge in [-0.2, -0.15) is 0 Å². The summed E-state index contributed by atoms with van der Waals surface area (Å²) in [4.78, 5) is 26.4. The van der Waals surface area contributed by atoms with Gasteiger partial charge < -0.3 is 9.47 Å². The van der Waals surface area contributed by atoms with Crippen molar-refractivity contribution in [3.8, 4) is 0 Å². The van der Waals surface area contributed by atoms with E-state index in [2.05, 4.69) is 0 Å².